The molecule has 0 unspecified atom stereocenters. The van der Waals surface area contributed by atoms with Crippen LogP contribution in [0.2, 0.25) is 0 Å². The highest BCUT2D eigenvalue weighted by atomic mass is 16.7. The Bertz CT molecular complexity index is 761. The predicted molar refractivity (Wildman–Crippen MR) is 106 cm³/mol. The van der Waals surface area contributed by atoms with Gasteiger partial charge in [0.2, 0.25) is 0 Å². The molecule has 2 aliphatic rings. The van der Waals surface area contributed by atoms with E-state index in [4.69, 9.17) is 23.7 Å². The second-order valence-corrected chi connectivity index (χ2v) is 7.86. The average Bonchev–Trinajstić information content (AvgIpc) is 2.81. The number of rotatable bonds is 8. The van der Waals surface area contributed by atoms with Crippen LogP contribution in [0.3, 0.4) is 0 Å². The molecular weight excluding hydrogens is 448 g/mol. The number of methoxy groups -OCH3 is 1. The number of ether oxygens (including phenoxy) is 5. The van der Waals surface area contributed by atoms with E-state index in [0.717, 1.165) is 0 Å². The molecule has 188 valence electrons. The molecular formula is C20H30O13. The van der Waals surface area contributed by atoms with Gasteiger partial charge in [0.25, 0.3) is 0 Å². The summed E-state index contributed by atoms with van der Waals surface area (Å²) < 4.78 is 26.7. The standard InChI is InChI=1S/C20H30O13/c1-29-10-4-8(2-3-9(10)22)6-30-19-18(28)16(26)14(24)12(33-19)7-31-20-17(27)15(25)13(23)11(5-21)32-20/h2-4,11-28H,5-7H2,1H3/t11-,12-,13-,14-,15+,16+,17-,18-,19-,20-/m1/s1. The van der Waals surface area contributed by atoms with Gasteiger partial charge in [-0.25, -0.2) is 0 Å². The smallest absolute Gasteiger partial charge is 0.187 e. The Morgan fingerprint density at radius 1 is 0.788 bits per heavy atom. The maximum absolute atomic E-state index is 10.2. The van der Waals surface area contributed by atoms with E-state index in [1.807, 2.05) is 0 Å². The average molecular weight is 478 g/mol. The Morgan fingerprint density at radius 3 is 1.97 bits per heavy atom. The van der Waals surface area contributed by atoms with Crippen molar-refractivity contribution in [2.45, 2.75) is 68.0 Å². The molecule has 33 heavy (non-hydrogen) atoms. The lowest BCUT2D eigenvalue weighted by molar-refractivity contribution is -0.332. The first-order valence-corrected chi connectivity index (χ1v) is 10.3. The van der Waals surface area contributed by atoms with E-state index >= 15 is 0 Å². The number of aliphatic hydroxyl groups is 7. The van der Waals surface area contributed by atoms with E-state index in [2.05, 4.69) is 0 Å². The summed E-state index contributed by atoms with van der Waals surface area (Å²) in [6.45, 7) is -1.20. The van der Waals surface area contributed by atoms with Crippen molar-refractivity contribution >= 4 is 0 Å². The van der Waals surface area contributed by atoms with Gasteiger partial charge in [-0.1, -0.05) is 6.07 Å². The second-order valence-electron chi connectivity index (χ2n) is 7.86. The summed E-state index contributed by atoms with van der Waals surface area (Å²) in [7, 11) is 1.38. The molecule has 0 aromatic heterocycles. The van der Waals surface area contributed by atoms with Crippen LogP contribution in [0.25, 0.3) is 0 Å². The number of aliphatic hydroxyl groups excluding tert-OH is 7. The van der Waals surface area contributed by atoms with E-state index in [1.165, 1.54) is 19.2 Å². The van der Waals surface area contributed by atoms with Crippen LogP contribution in [0.5, 0.6) is 11.5 Å². The quantitative estimate of drug-likeness (QED) is 0.183. The third-order valence-corrected chi connectivity index (χ3v) is 5.60. The molecule has 2 fully saturated rings. The van der Waals surface area contributed by atoms with E-state index in [1.54, 1.807) is 6.07 Å². The van der Waals surface area contributed by atoms with Crippen LogP contribution >= 0.6 is 0 Å². The highest BCUT2D eigenvalue weighted by Gasteiger charge is 2.47. The van der Waals surface area contributed by atoms with Crippen molar-refractivity contribution in [2.24, 2.45) is 0 Å². The largest absolute Gasteiger partial charge is 0.504 e. The fourth-order valence-electron chi connectivity index (χ4n) is 3.58. The molecule has 0 radical (unpaired) electrons. The molecule has 13 heteroatoms. The van der Waals surface area contributed by atoms with Crippen molar-refractivity contribution in [2.75, 3.05) is 20.3 Å². The molecule has 2 saturated heterocycles. The van der Waals surface area contributed by atoms with E-state index < -0.39 is 74.6 Å². The number of hydrogen-bond donors (Lipinski definition) is 8. The Labute approximate surface area is 188 Å². The van der Waals surface area contributed by atoms with E-state index in [9.17, 15) is 40.9 Å². The van der Waals surface area contributed by atoms with Crippen LogP contribution in [-0.2, 0) is 25.6 Å². The Morgan fingerprint density at radius 2 is 1.36 bits per heavy atom. The van der Waals surface area contributed by atoms with Crippen LogP contribution in [0.1, 0.15) is 5.56 Å². The first-order valence-electron chi connectivity index (χ1n) is 10.3. The van der Waals surface area contributed by atoms with Gasteiger partial charge in [0.15, 0.2) is 24.1 Å². The lowest BCUT2D eigenvalue weighted by Gasteiger charge is -2.42. The Hall–Kier alpha value is -1.62. The molecule has 2 aliphatic heterocycles. The van der Waals surface area contributed by atoms with Crippen LogP contribution < -0.4 is 4.74 Å². The molecule has 0 bridgehead atoms. The number of hydrogen-bond acceptors (Lipinski definition) is 13. The third-order valence-electron chi connectivity index (χ3n) is 5.60. The minimum Gasteiger partial charge on any atom is -0.504 e. The number of phenols is 1. The fraction of sp³-hybridized carbons (Fsp3) is 0.700. The Kier molecular flexibility index (Phi) is 8.82. The minimum absolute atomic E-state index is 0.0702. The molecule has 2 heterocycles. The molecule has 0 amide bonds. The highest BCUT2D eigenvalue weighted by molar-refractivity contribution is 5.41. The van der Waals surface area contributed by atoms with E-state index in [-0.39, 0.29) is 18.1 Å². The molecule has 1 aromatic carbocycles. The summed E-state index contributed by atoms with van der Waals surface area (Å²) in [5.41, 5.74) is 0.565. The van der Waals surface area contributed by atoms with Gasteiger partial charge in [-0.2, -0.15) is 0 Å². The monoisotopic (exact) mass is 478 g/mol. The van der Waals surface area contributed by atoms with Gasteiger partial charge in [-0.15, -0.1) is 0 Å². The summed E-state index contributed by atoms with van der Waals surface area (Å²) in [6.07, 6.45) is -14.9. The zero-order chi connectivity index (χ0) is 24.3. The van der Waals surface area contributed by atoms with Crippen molar-refractivity contribution < 1.29 is 64.5 Å². The number of benzene rings is 1. The molecule has 0 aliphatic carbocycles. The second kappa shape index (κ2) is 11.2. The Balaban J connectivity index is 1.61. The topological polar surface area (TPSA) is 208 Å². The number of phenolic OH excluding ortho intramolecular Hbond substituents is 1. The maximum Gasteiger partial charge on any atom is 0.187 e. The molecule has 3 rings (SSSR count). The highest BCUT2D eigenvalue weighted by Crippen LogP contribution is 2.29. The van der Waals surface area contributed by atoms with Crippen molar-refractivity contribution in [3.05, 3.63) is 23.8 Å². The molecule has 13 nitrogen and oxygen atoms in total. The third kappa shape index (κ3) is 5.72. The summed E-state index contributed by atoms with van der Waals surface area (Å²) in [5.74, 6) is 0.140. The summed E-state index contributed by atoms with van der Waals surface area (Å²) >= 11 is 0. The van der Waals surface area contributed by atoms with Crippen LogP contribution in [0.4, 0.5) is 0 Å². The summed E-state index contributed by atoms with van der Waals surface area (Å²) in [4.78, 5) is 0. The molecule has 10 atom stereocenters. The molecule has 0 spiro atoms. The van der Waals surface area contributed by atoms with Crippen molar-refractivity contribution in [1.82, 2.24) is 0 Å². The van der Waals surface area contributed by atoms with Crippen LogP contribution in [0.15, 0.2) is 18.2 Å². The SMILES string of the molecule is COc1cc(CO[C@@H]2O[C@H](CO[C@@H]3O[C@H](CO)[C@@H](O)[C@H](O)[C@H]3O)[C@@H](O)[C@H](O)[C@H]2O)ccc1O. The van der Waals surface area contributed by atoms with Crippen molar-refractivity contribution in [3.8, 4) is 11.5 Å². The molecule has 8 N–H and O–H groups in total. The van der Waals surface area contributed by atoms with Gasteiger partial charge in [-0.3, -0.25) is 0 Å². The predicted octanol–water partition coefficient (Wildman–Crippen LogP) is -3.46. The van der Waals surface area contributed by atoms with Gasteiger partial charge in [0.1, 0.15) is 48.8 Å². The minimum atomic E-state index is -1.66. The maximum atomic E-state index is 10.2. The zero-order valence-electron chi connectivity index (χ0n) is 17.7. The van der Waals surface area contributed by atoms with Gasteiger partial charge in [-0.05, 0) is 17.7 Å². The first kappa shape index (κ1) is 26.0. The van der Waals surface area contributed by atoms with Crippen LogP contribution in [0, 0.1) is 0 Å². The summed E-state index contributed by atoms with van der Waals surface area (Å²) in [5, 5.41) is 79.3. The normalized spacial score (nSPS) is 39.4. The van der Waals surface area contributed by atoms with Crippen LogP contribution in [-0.4, -0.2) is 123 Å². The molecule has 0 saturated carbocycles. The van der Waals surface area contributed by atoms with E-state index in [0.29, 0.717) is 5.56 Å². The first-order chi connectivity index (χ1) is 15.7. The van der Waals surface area contributed by atoms with Gasteiger partial charge in [0.05, 0.1) is 26.9 Å². The summed E-state index contributed by atoms with van der Waals surface area (Å²) in [6, 6.07) is 4.46. The van der Waals surface area contributed by atoms with Gasteiger partial charge in [0, 0.05) is 0 Å². The number of aromatic hydroxyl groups is 1. The van der Waals surface area contributed by atoms with Crippen molar-refractivity contribution in [1.29, 1.82) is 0 Å². The van der Waals surface area contributed by atoms with Gasteiger partial charge < -0.3 is 64.5 Å². The van der Waals surface area contributed by atoms with Crippen molar-refractivity contribution in [3.63, 3.8) is 0 Å². The fourth-order valence-corrected chi connectivity index (χ4v) is 3.58. The zero-order valence-corrected chi connectivity index (χ0v) is 17.7. The lowest BCUT2D eigenvalue weighted by atomic mass is 9.98. The molecule has 1 aromatic rings. The van der Waals surface area contributed by atoms with Gasteiger partial charge >= 0.3 is 0 Å². The lowest BCUT2D eigenvalue weighted by Crippen LogP contribution is -2.61.